The van der Waals surface area contributed by atoms with E-state index >= 15 is 0 Å². The molecule has 5 heteroatoms. The van der Waals surface area contributed by atoms with Gasteiger partial charge in [0.25, 0.3) is 0 Å². The van der Waals surface area contributed by atoms with Crippen LogP contribution in [0.3, 0.4) is 0 Å². The van der Waals surface area contributed by atoms with E-state index in [0.717, 1.165) is 55.2 Å². The van der Waals surface area contributed by atoms with E-state index in [4.69, 9.17) is 0 Å². The van der Waals surface area contributed by atoms with Gasteiger partial charge in [-0.1, -0.05) is 12.1 Å². The number of carbonyl (C=O) groups is 1. The van der Waals surface area contributed by atoms with Gasteiger partial charge in [-0.15, -0.1) is 0 Å². The third-order valence-corrected chi connectivity index (χ3v) is 4.24. The molecule has 24 heavy (non-hydrogen) atoms. The van der Waals surface area contributed by atoms with Gasteiger partial charge in [0, 0.05) is 44.6 Å². The van der Waals surface area contributed by atoms with E-state index in [1.165, 1.54) is 0 Å². The number of hydrogen-bond acceptors (Lipinski definition) is 3. The molecule has 1 fully saturated rings. The summed E-state index contributed by atoms with van der Waals surface area (Å²) in [5.74, 6) is 0. The first-order chi connectivity index (χ1) is 11.6. The third kappa shape index (κ3) is 4.32. The minimum atomic E-state index is -0.0162. The van der Waals surface area contributed by atoms with Crippen LogP contribution in [0.1, 0.15) is 16.8 Å². The predicted octanol–water partition coefficient (Wildman–Crippen LogP) is 3.05. The van der Waals surface area contributed by atoms with Gasteiger partial charge in [0.1, 0.15) is 0 Å². The molecule has 3 rings (SSSR count). The number of benzene rings is 1. The second-order valence-electron chi connectivity index (χ2n) is 6.39. The molecule has 2 aromatic rings. The second kappa shape index (κ2) is 7.45. The van der Waals surface area contributed by atoms with Gasteiger partial charge in [-0.05, 0) is 49.2 Å². The minimum Gasteiger partial charge on any atom is -0.322 e. The molecule has 2 amide bonds. The Morgan fingerprint density at radius 2 is 1.79 bits per heavy atom. The van der Waals surface area contributed by atoms with E-state index in [1.54, 1.807) is 0 Å². The summed E-state index contributed by atoms with van der Waals surface area (Å²) >= 11 is 0. The summed E-state index contributed by atoms with van der Waals surface area (Å²) in [5.41, 5.74) is 4.26. The number of piperazine rings is 1. The number of anilines is 1. The van der Waals surface area contributed by atoms with E-state index < -0.39 is 0 Å². The quantitative estimate of drug-likeness (QED) is 0.944. The SMILES string of the molecule is Cc1cc(C)cc(NC(=O)N2CCN(Cc3ccccn3)CC2)c1. The number of hydrogen-bond donors (Lipinski definition) is 1. The molecule has 0 spiro atoms. The molecule has 1 aliphatic heterocycles. The zero-order valence-corrected chi connectivity index (χ0v) is 14.3. The highest BCUT2D eigenvalue weighted by molar-refractivity contribution is 5.89. The normalized spacial score (nSPS) is 15.3. The Morgan fingerprint density at radius 3 is 2.42 bits per heavy atom. The first-order valence-corrected chi connectivity index (χ1v) is 8.36. The van der Waals surface area contributed by atoms with Crippen molar-refractivity contribution in [3.8, 4) is 0 Å². The maximum Gasteiger partial charge on any atom is 0.321 e. The minimum absolute atomic E-state index is 0.0162. The molecule has 1 aromatic carbocycles. The largest absolute Gasteiger partial charge is 0.322 e. The molecule has 1 saturated heterocycles. The van der Waals surface area contributed by atoms with Crippen molar-refractivity contribution in [1.82, 2.24) is 14.8 Å². The molecule has 0 aliphatic carbocycles. The molecule has 126 valence electrons. The van der Waals surface area contributed by atoms with Crippen molar-refractivity contribution in [3.05, 3.63) is 59.4 Å². The number of nitrogens with one attached hydrogen (secondary N) is 1. The Hall–Kier alpha value is -2.40. The molecule has 0 saturated carbocycles. The number of pyridine rings is 1. The smallest absolute Gasteiger partial charge is 0.321 e. The number of carbonyl (C=O) groups excluding carboxylic acids is 1. The highest BCUT2D eigenvalue weighted by Gasteiger charge is 2.21. The van der Waals surface area contributed by atoms with Crippen molar-refractivity contribution >= 4 is 11.7 Å². The predicted molar refractivity (Wildman–Crippen MR) is 96.0 cm³/mol. The van der Waals surface area contributed by atoms with Gasteiger partial charge < -0.3 is 10.2 Å². The van der Waals surface area contributed by atoms with Crippen LogP contribution < -0.4 is 5.32 Å². The summed E-state index contributed by atoms with van der Waals surface area (Å²) in [4.78, 5) is 21.0. The zero-order chi connectivity index (χ0) is 16.9. The van der Waals surface area contributed by atoms with Gasteiger partial charge in [0.2, 0.25) is 0 Å². The van der Waals surface area contributed by atoms with Crippen LogP contribution in [-0.4, -0.2) is 47.0 Å². The van der Waals surface area contributed by atoms with E-state index in [9.17, 15) is 4.79 Å². The first kappa shape index (κ1) is 16.5. The number of urea groups is 1. The molecular formula is C19H24N4O. The average molecular weight is 324 g/mol. The van der Waals surface area contributed by atoms with Gasteiger partial charge in [-0.2, -0.15) is 0 Å². The van der Waals surface area contributed by atoms with Crippen LogP contribution in [0.15, 0.2) is 42.6 Å². The number of aryl methyl sites for hydroxylation is 2. The lowest BCUT2D eigenvalue weighted by molar-refractivity contribution is 0.142. The molecule has 5 nitrogen and oxygen atoms in total. The summed E-state index contributed by atoms with van der Waals surface area (Å²) in [7, 11) is 0. The maximum atomic E-state index is 12.4. The van der Waals surface area contributed by atoms with Crippen LogP contribution >= 0.6 is 0 Å². The average Bonchev–Trinajstić information content (AvgIpc) is 2.55. The van der Waals surface area contributed by atoms with Crippen LogP contribution in [0.2, 0.25) is 0 Å². The van der Waals surface area contributed by atoms with Crippen molar-refractivity contribution in [2.45, 2.75) is 20.4 Å². The summed E-state index contributed by atoms with van der Waals surface area (Å²) < 4.78 is 0. The highest BCUT2D eigenvalue weighted by Crippen LogP contribution is 2.15. The number of rotatable bonds is 3. The van der Waals surface area contributed by atoms with Gasteiger partial charge in [-0.25, -0.2) is 4.79 Å². The molecule has 1 N–H and O–H groups in total. The van der Waals surface area contributed by atoms with Gasteiger partial charge in [0.15, 0.2) is 0 Å². The van der Waals surface area contributed by atoms with E-state index in [0.29, 0.717) is 0 Å². The highest BCUT2D eigenvalue weighted by atomic mass is 16.2. The fraction of sp³-hybridized carbons (Fsp3) is 0.368. The van der Waals surface area contributed by atoms with Crippen LogP contribution in [-0.2, 0) is 6.54 Å². The fourth-order valence-electron chi connectivity index (χ4n) is 3.08. The summed E-state index contributed by atoms with van der Waals surface area (Å²) in [6.45, 7) is 8.14. The first-order valence-electron chi connectivity index (χ1n) is 8.36. The van der Waals surface area contributed by atoms with Crippen molar-refractivity contribution in [1.29, 1.82) is 0 Å². The van der Waals surface area contributed by atoms with Crippen LogP contribution in [0.4, 0.5) is 10.5 Å². The lowest BCUT2D eigenvalue weighted by Crippen LogP contribution is -2.49. The summed E-state index contributed by atoms with van der Waals surface area (Å²) in [6, 6.07) is 12.1. The van der Waals surface area contributed by atoms with E-state index in [-0.39, 0.29) is 6.03 Å². The molecule has 0 radical (unpaired) electrons. The standard InChI is InChI=1S/C19H24N4O/c1-15-11-16(2)13-18(12-15)21-19(24)23-9-7-22(8-10-23)14-17-5-3-4-6-20-17/h3-6,11-13H,7-10,14H2,1-2H3,(H,21,24). The van der Waals surface area contributed by atoms with Crippen molar-refractivity contribution in [2.75, 3.05) is 31.5 Å². The van der Waals surface area contributed by atoms with Crippen LogP contribution in [0, 0.1) is 13.8 Å². The Bertz CT molecular complexity index is 674. The van der Waals surface area contributed by atoms with Gasteiger partial charge >= 0.3 is 6.03 Å². The van der Waals surface area contributed by atoms with Crippen LogP contribution in [0.25, 0.3) is 0 Å². The Balaban J connectivity index is 1.51. The monoisotopic (exact) mass is 324 g/mol. The molecular weight excluding hydrogens is 300 g/mol. The second-order valence-corrected chi connectivity index (χ2v) is 6.39. The van der Waals surface area contributed by atoms with Crippen LogP contribution in [0.5, 0.6) is 0 Å². The Kier molecular flexibility index (Phi) is 5.11. The maximum absolute atomic E-state index is 12.4. The zero-order valence-electron chi connectivity index (χ0n) is 14.3. The lowest BCUT2D eigenvalue weighted by atomic mass is 10.1. The number of amides is 2. The van der Waals surface area contributed by atoms with Crippen molar-refractivity contribution in [2.24, 2.45) is 0 Å². The van der Waals surface area contributed by atoms with Gasteiger partial charge in [-0.3, -0.25) is 9.88 Å². The van der Waals surface area contributed by atoms with Crippen molar-refractivity contribution in [3.63, 3.8) is 0 Å². The Morgan fingerprint density at radius 1 is 1.08 bits per heavy atom. The molecule has 2 heterocycles. The molecule has 1 aromatic heterocycles. The molecule has 1 aliphatic rings. The molecule has 0 unspecified atom stereocenters. The number of nitrogens with zero attached hydrogens (tertiary/aromatic N) is 3. The Labute approximate surface area is 143 Å². The van der Waals surface area contributed by atoms with Crippen molar-refractivity contribution < 1.29 is 4.79 Å². The van der Waals surface area contributed by atoms with Gasteiger partial charge in [0.05, 0.1) is 5.69 Å². The molecule has 0 bridgehead atoms. The number of aromatic nitrogens is 1. The van der Waals surface area contributed by atoms with E-state index in [1.807, 2.05) is 55.3 Å². The fourth-order valence-corrected chi connectivity index (χ4v) is 3.08. The summed E-state index contributed by atoms with van der Waals surface area (Å²) in [5, 5.41) is 3.01. The summed E-state index contributed by atoms with van der Waals surface area (Å²) in [6.07, 6.45) is 1.82. The lowest BCUT2D eigenvalue weighted by Gasteiger charge is -2.34. The topological polar surface area (TPSA) is 48.5 Å². The third-order valence-electron chi connectivity index (χ3n) is 4.24. The molecule has 0 atom stereocenters. The van der Waals surface area contributed by atoms with E-state index in [2.05, 4.69) is 21.3 Å².